The Bertz CT molecular complexity index is 601. The SMILES string of the molecule is c1ccc(C(CN2CCCC3(CCCNC3)C2)c2ccccc2)cc1. The maximum Gasteiger partial charge on any atom is 0.0217 e. The molecule has 1 spiro atoms. The molecule has 0 saturated carbocycles. The Morgan fingerprint density at radius 3 is 2.12 bits per heavy atom. The van der Waals surface area contributed by atoms with E-state index in [2.05, 4.69) is 70.9 Å². The molecule has 2 aliphatic heterocycles. The normalized spacial score (nSPS) is 24.7. The highest BCUT2D eigenvalue weighted by molar-refractivity contribution is 5.32. The van der Waals surface area contributed by atoms with Gasteiger partial charge in [0.25, 0.3) is 0 Å². The minimum Gasteiger partial charge on any atom is -0.316 e. The number of hydrogen-bond donors (Lipinski definition) is 1. The van der Waals surface area contributed by atoms with Crippen molar-refractivity contribution in [2.45, 2.75) is 31.6 Å². The van der Waals surface area contributed by atoms with E-state index in [0.29, 0.717) is 11.3 Å². The molecule has 0 bridgehead atoms. The summed E-state index contributed by atoms with van der Waals surface area (Å²) in [5.41, 5.74) is 3.40. The van der Waals surface area contributed by atoms with Crippen LogP contribution in [0.15, 0.2) is 60.7 Å². The second kappa shape index (κ2) is 7.72. The molecule has 2 aromatic rings. The lowest BCUT2D eigenvalue weighted by molar-refractivity contribution is 0.0628. The van der Waals surface area contributed by atoms with Crippen LogP contribution in [0.2, 0.25) is 0 Å². The molecule has 2 heteroatoms. The fraction of sp³-hybridized carbons (Fsp3) is 0.478. The van der Waals surface area contributed by atoms with Crippen molar-refractivity contribution in [1.29, 1.82) is 0 Å². The van der Waals surface area contributed by atoms with E-state index in [9.17, 15) is 0 Å². The minimum absolute atomic E-state index is 0.467. The van der Waals surface area contributed by atoms with E-state index in [1.54, 1.807) is 0 Å². The summed E-state index contributed by atoms with van der Waals surface area (Å²) in [6.07, 6.45) is 5.49. The fourth-order valence-corrected chi connectivity index (χ4v) is 4.88. The first-order valence-corrected chi connectivity index (χ1v) is 9.88. The summed E-state index contributed by atoms with van der Waals surface area (Å²) < 4.78 is 0. The molecule has 1 unspecified atom stereocenters. The van der Waals surface area contributed by atoms with Gasteiger partial charge in [-0.25, -0.2) is 0 Å². The highest BCUT2D eigenvalue weighted by Crippen LogP contribution is 2.37. The zero-order valence-electron chi connectivity index (χ0n) is 15.2. The molecule has 2 aromatic carbocycles. The quantitative estimate of drug-likeness (QED) is 0.897. The molecule has 0 amide bonds. The molecule has 2 heterocycles. The Balaban J connectivity index is 1.54. The zero-order chi connectivity index (χ0) is 17.0. The van der Waals surface area contributed by atoms with E-state index in [-0.39, 0.29) is 0 Å². The summed E-state index contributed by atoms with van der Waals surface area (Å²) in [6, 6.07) is 22.1. The highest BCUT2D eigenvalue weighted by atomic mass is 15.1. The first kappa shape index (κ1) is 16.8. The lowest BCUT2D eigenvalue weighted by Gasteiger charge is -2.46. The van der Waals surface area contributed by atoms with Gasteiger partial charge in [-0.1, -0.05) is 60.7 Å². The number of piperidine rings is 2. The van der Waals surface area contributed by atoms with Gasteiger partial charge in [0.05, 0.1) is 0 Å². The molecular formula is C23H30N2. The van der Waals surface area contributed by atoms with E-state index >= 15 is 0 Å². The molecule has 1 atom stereocenters. The fourth-order valence-electron chi connectivity index (χ4n) is 4.88. The standard InChI is InChI=1S/C23H30N2/c1-3-9-20(10-4-1)22(21-11-5-2-6-12-21)17-25-16-8-14-23(19-25)13-7-15-24-18-23/h1-6,9-12,22,24H,7-8,13-19H2. The Labute approximate surface area is 152 Å². The molecule has 0 radical (unpaired) electrons. The van der Waals surface area contributed by atoms with Crippen LogP contribution >= 0.6 is 0 Å². The summed E-state index contributed by atoms with van der Waals surface area (Å²) in [6.45, 7) is 6.06. The molecule has 2 saturated heterocycles. The average molecular weight is 335 g/mol. The van der Waals surface area contributed by atoms with E-state index in [4.69, 9.17) is 0 Å². The van der Waals surface area contributed by atoms with E-state index < -0.39 is 0 Å². The predicted molar refractivity (Wildman–Crippen MR) is 105 cm³/mol. The van der Waals surface area contributed by atoms with Crippen molar-refractivity contribution in [2.24, 2.45) is 5.41 Å². The Kier molecular flexibility index (Phi) is 5.19. The molecule has 132 valence electrons. The van der Waals surface area contributed by atoms with E-state index in [0.717, 1.165) is 6.54 Å². The van der Waals surface area contributed by atoms with Crippen LogP contribution < -0.4 is 5.32 Å². The lowest BCUT2D eigenvalue weighted by Crippen LogP contribution is -2.51. The van der Waals surface area contributed by atoms with Crippen molar-refractivity contribution in [1.82, 2.24) is 10.2 Å². The molecule has 25 heavy (non-hydrogen) atoms. The van der Waals surface area contributed by atoms with Gasteiger partial charge < -0.3 is 10.2 Å². The second-order valence-corrected chi connectivity index (χ2v) is 7.99. The van der Waals surface area contributed by atoms with E-state index in [1.807, 2.05) is 0 Å². The van der Waals surface area contributed by atoms with Gasteiger partial charge in [0.2, 0.25) is 0 Å². The lowest BCUT2D eigenvalue weighted by atomic mass is 9.74. The topological polar surface area (TPSA) is 15.3 Å². The molecule has 0 aliphatic carbocycles. The van der Waals surface area contributed by atoms with Gasteiger partial charge in [-0.3, -0.25) is 0 Å². The first-order chi connectivity index (χ1) is 12.3. The van der Waals surface area contributed by atoms with E-state index in [1.165, 1.54) is 63.0 Å². The van der Waals surface area contributed by atoms with Crippen molar-refractivity contribution >= 4 is 0 Å². The number of hydrogen-bond acceptors (Lipinski definition) is 2. The Morgan fingerprint density at radius 1 is 0.880 bits per heavy atom. The monoisotopic (exact) mass is 334 g/mol. The van der Waals surface area contributed by atoms with Gasteiger partial charge in [0, 0.05) is 25.6 Å². The molecule has 2 aliphatic rings. The van der Waals surface area contributed by atoms with Crippen LogP contribution in [-0.4, -0.2) is 37.6 Å². The Morgan fingerprint density at radius 2 is 1.52 bits per heavy atom. The van der Waals surface area contributed by atoms with Gasteiger partial charge >= 0.3 is 0 Å². The maximum atomic E-state index is 3.66. The number of nitrogens with one attached hydrogen (secondary N) is 1. The number of likely N-dealkylation sites (tertiary alicyclic amines) is 1. The van der Waals surface area contributed by atoms with Crippen LogP contribution in [-0.2, 0) is 0 Å². The maximum absolute atomic E-state index is 3.66. The van der Waals surface area contributed by atoms with Gasteiger partial charge in [0.1, 0.15) is 0 Å². The van der Waals surface area contributed by atoms with Crippen LogP contribution in [0.4, 0.5) is 0 Å². The predicted octanol–water partition coefficient (Wildman–Crippen LogP) is 4.28. The molecule has 1 N–H and O–H groups in total. The summed E-state index contributed by atoms with van der Waals surface area (Å²) in [7, 11) is 0. The minimum atomic E-state index is 0.467. The van der Waals surface area contributed by atoms with Gasteiger partial charge in [-0.05, 0) is 55.3 Å². The summed E-state index contributed by atoms with van der Waals surface area (Å²) >= 11 is 0. The third-order valence-corrected chi connectivity index (χ3v) is 6.15. The molecular weight excluding hydrogens is 304 g/mol. The van der Waals surface area contributed by atoms with Crippen molar-refractivity contribution in [3.05, 3.63) is 71.8 Å². The third kappa shape index (κ3) is 3.96. The summed E-state index contributed by atoms with van der Waals surface area (Å²) in [5, 5.41) is 3.66. The number of nitrogens with zero attached hydrogens (tertiary/aromatic N) is 1. The van der Waals surface area contributed by atoms with Crippen molar-refractivity contribution in [3.8, 4) is 0 Å². The van der Waals surface area contributed by atoms with Gasteiger partial charge in [-0.15, -0.1) is 0 Å². The average Bonchev–Trinajstić information content (AvgIpc) is 2.68. The van der Waals surface area contributed by atoms with Gasteiger partial charge in [-0.2, -0.15) is 0 Å². The van der Waals surface area contributed by atoms with Crippen molar-refractivity contribution < 1.29 is 0 Å². The summed E-state index contributed by atoms with van der Waals surface area (Å²) in [5.74, 6) is 0.467. The van der Waals surface area contributed by atoms with Crippen molar-refractivity contribution in [3.63, 3.8) is 0 Å². The molecule has 2 fully saturated rings. The second-order valence-electron chi connectivity index (χ2n) is 7.99. The summed E-state index contributed by atoms with van der Waals surface area (Å²) in [4.78, 5) is 2.74. The van der Waals surface area contributed by atoms with Crippen molar-refractivity contribution in [2.75, 3.05) is 32.7 Å². The molecule has 4 rings (SSSR count). The van der Waals surface area contributed by atoms with Crippen LogP contribution in [0.3, 0.4) is 0 Å². The first-order valence-electron chi connectivity index (χ1n) is 9.88. The van der Waals surface area contributed by atoms with Gasteiger partial charge in [0.15, 0.2) is 0 Å². The number of rotatable bonds is 4. The smallest absolute Gasteiger partial charge is 0.0217 e. The Hall–Kier alpha value is -1.64. The molecule has 0 aromatic heterocycles. The number of benzene rings is 2. The van der Waals surface area contributed by atoms with Crippen LogP contribution in [0.5, 0.6) is 0 Å². The van der Waals surface area contributed by atoms with Crippen LogP contribution in [0.25, 0.3) is 0 Å². The third-order valence-electron chi connectivity index (χ3n) is 6.15. The zero-order valence-corrected chi connectivity index (χ0v) is 15.2. The van der Waals surface area contributed by atoms with Crippen LogP contribution in [0, 0.1) is 5.41 Å². The largest absolute Gasteiger partial charge is 0.316 e. The highest BCUT2D eigenvalue weighted by Gasteiger charge is 2.37. The molecule has 2 nitrogen and oxygen atoms in total. The van der Waals surface area contributed by atoms with Crippen LogP contribution in [0.1, 0.15) is 42.7 Å².